The van der Waals surface area contributed by atoms with Crippen LogP contribution in [0.1, 0.15) is 40.5 Å². The van der Waals surface area contributed by atoms with E-state index in [1.807, 2.05) is 39.8 Å². The normalized spacial score (nSPS) is 14.4. The first-order chi connectivity index (χ1) is 13.3. The first-order valence-corrected chi connectivity index (χ1v) is 9.24. The lowest BCUT2D eigenvalue weighted by molar-refractivity contribution is 0.0945. The van der Waals surface area contributed by atoms with Crippen molar-refractivity contribution in [3.8, 4) is 0 Å². The number of rotatable bonds is 6. The number of nitrogens with one attached hydrogen (secondary N) is 2. The fraction of sp³-hybridized carbons (Fsp3) is 0.368. The molecule has 2 N–H and O–H groups in total. The van der Waals surface area contributed by atoms with Gasteiger partial charge in [-0.25, -0.2) is 4.68 Å². The van der Waals surface area contributed by atoms with Crippen LogP contribution < -0.4 is 10.6 Å². The number of amides is 1. The van der Waals surface area contributed by atoms with Crippen molar-refractivity contribution in [2.75, 3.05) is 13.1 Å². The van der Waals surface area contributed by atoms with E-state index in [0.29, 0.717) is 24.8 Å². The molecule has 1 saturated heterocycles. The lowest BCUT2D eigenvalue weighted by atomic mass is 10.1. The second-order valence-electron chi connectivity index (χ2n) is 6.72. The van der Waals surface area contributed by atoms with Gasteiger partial charge in [-0.05, 0) is 43.1 Å². The number of carbonyl (C=O) groups excluding carboxylic acids is 1. The van der Waals surface area contributed by atoms with E-state index in [1.54, 1.807) is 12.4 Å². The van der Waals surface area contributed by atoms with Gasteiger partial charge >= 0.3 is 0 Å². The molecular formula is C19H24ClN7O. The number of nitrogens with zero attached hydrogens (tertiary/aromatic N) is 5. The number of hydrogen-bond donors (Lipinski definition) is 2. The fourth-order valence-electron chi connectivity index (χ4n) is 3.35. The van der Waals surface area contributed by atoms with Gasteiger partial charge in [-0.2, -0.15) is 5.10 Å². The Hall–Kier alpha value is -2.71. The molecule has 0 bridgehead atoms. The maximum Gasteiger partial charge on any atom is 0.273 e. The van der Waals surface area contributed by atoms with Crippen molar-refractivity contribution in [3.63, 3.8) is 0 Å². The molecule has 0 unspecified atom stereocenters. The largest absolute Gasteiger partial charge is 0.347 e. The first kappa shape index (κ1) is 20.0. The summed E-state index contributed by atoms with van der Waals surface area (Å²) in [5.41, 5.74) is 2.55. The second kappa shape index (κ2) is 9.48. The minimum atomic E-state index is -0.205. The van der Waals surface area contributed by atoms with E-state index in [2.05, 4.69) is 32.1 Å². The summed E-state index contributed by atoms with van der Waals surface area (Å²) in [6.45, 7) is 3.06. The zero-order valence-electron chi connectivity index (χ0n) is 15.5. The van der Waals surface area contributed by atoms with Crippen molar-refractivity contribution in [1.82, 2.24) is 35.4 Å². The summed E-state index contributed by atoms with van der Waals surface area (Å²) in [6.07, 6.45) is 7.45. The molecule has 2 aromatic heterocycles. The van der Waals surface area contributed by atoms with Gasteiger partial charge in [0.2, 0.25) is 0 Å². The van der Waals surface area contributed by atoms with Crippen LogP contribution in [0.4, 0.5) is 0 Å². The van der Waals surface area contributed by atoms with E-state index in [-0.39, 0.29) is 18.3 Å². The molecule has 1 aliphatic heterocycles. The second-order valence-corrected chi connectivity index (χ2v) is 6.72. The van der Waals surface area contributed by atoms with E-state index in [1.165, 1.54) is 0 Å². The minimum absolute atomic E-state index is 0. The van der Waals surface area contributed by atoms with Crippen molar-refractivity contribution in [3.05, 3.63) is 65.7 Å². The Labute approximate surface area is 169 Å². The zero-order valence-corrected chi connectivity index (χ0v) is 16.3. The van der Waals surface area contributed by atoms with E-state index in [0.717, 1.165) is 37.1 Å². The number of piperidine rings is 1. The fourth-order valence-corrected chi connectivity index (χ4v) is 3.35. The van der Waals surface area contributed by atoms with Gasteiger partial charge in [0.05, 0.1) is 18.8 Å². The topological polar surface area (TPSA) is 89.7 Å². The van der Waals surface area contributed by atoms with E-state index < -0.39 is 0 Å². The number of hydrogen-bond acceptors (Lipinski definition) is 5. The molecule has 3 aromatic rings. The number of carbonyl (C=O) groups is 1. The zero-order chi connectivity index (χ0) is 18.5. The average molecular weight is 402 g/mol. The lowest BCUT2D eigenvalue weighted by Gasteiger charge is -2.22. The molecular weight excluding hydrogens is 378 g/mol. The molecule has 0 aliphatic carbocycles. The van der Waals surface area contributed by atoms with Gasteiger partial charge in [-0.3, -0.25) is 9.48 Å². The Bertz CT molecular complexity index is 887. The van der Waals surface area contributed by atoms with Gasteiger partial charge < -0.3 is 10.6 Å². The van der Waals surface area contributed by atoms with Crippen LogP contribution in [-0.4, -0.2) is 43.8 Å². The standard InChI is InChI=1S/C19H23N7O.ClH/c27-19(18-14-26(24-23-18)17-6-9-20-10-7-17)21-12-15-4-1-2-5-16(15)13-25-11-3-8-22-25;/h1-5,8,11,14,17,20H,6-7,9-10,12-13H2,(H,21,27);1H. The summed E-state index contributed by atoms with van der Waals surface area (Å²) in [4.78, 5) is 12.5. The predicted octanol–water partition coefficient (Wildman–Crippen LogP) is 1.80. The molecule has 9 heteroatoms. The van der Waals surface area contributed by atoms with Crippen LogP contribution in [0.25, 0.3) is 0 Å². The quantitative estimate of drug-likeness (QED) is 0.657. The lowest BCUT2D eigenvalue weighted by Crippen LogP contribution is -2.29. The van der Waals surface area contributed by atoms with Crippen molar-refractivity contribution in [2.24, 2.45) is 0 Å². The SMILES string of the molecule is Cl.O=C(NCc1ccccc1Cn1cccn1)c1cn(C2CCNCC2)nn1. The first-order valence-electron chi connectivity index (χ1n) is 9.24. The van der Waals surface area contributed by atoms with Gasteiger partial charge in [0, 0.05) is 18.9 Å². The van der Waals surface area contributed by atoms with Gasteiger partial charge in [-0.15, -0.1) is 17.5 Å². The summed E-state index contributed by atoms with van der Waals surface area (Å²) in [5, 5.41) is 18.7. The maximum atomic E-state index is 12.5. The smallest absolute Gasteiger partial charge is 0.273 e. The highest BCUT2D eigenvalue weighted by atomic mass is 35.5. The van der Waals surface area contributed by atoms with Gasteiger partial charge in [0.25, 0.3) is 5.91 Å². The van der Waals surface area contributed by atoms with Crippen LogP contribution in [0.3, 0.4) is 0 Å². The molecule has 0 radical (unpaired) electrons. The molecule has 0 spiro atoms. The molecule has 0 saturated carbocycles. The summed E-state index contributed by atoms with van der Waals surface area (Å²) >= 11 is 0. The third kappa shape index (κ3) is 4.76. The van der Waals surface area contributed by atoms with E-state index >= 15 is 0 Å². The summed E-state index contributed by atoms with van der Waals surface area (Å²) < 4.78 is 3.69. The van der Waals surface area contributed by atoms with Crippen molar-refractivity contribution in [2.45, 2.75) is 32.0 Å². The molecule has 8 nitrogen and oxygen atoms in total. The molecule has 0 atom stereocenters. The predicted molar refractivity (Wildman–Crippen MR) is 107 cm³/mol. The Morgan fingerprint density at radius 2 is 1.96 bits per heavy atom. The Morgan fingerprint density at radius 3 is 2.71 bits per heavy atom. The molecule has 1 aliphatic rings. The third-order valence-corrected chi connectivity index (χ3v) is 4.88. The Kier molecular flexibility index (Phi) is 6.78. The average Bonchev–Trinajstić information content (AvgIpc) is 3.40. The van der Waals surface area contributed by atoms with Crippen LogP contribution >= 0.6 is 12.4 Å². The maximum absolute atomic E-state index is 12.5. The highest BCUT2D eigenvalue weighted by Crippen LogP contribution is 2.17. The molecule has 148 valence electrons. The van der Waals surface area contributed by atoms with Crippen LogP contribution in [0, 0.1) is 0 Å². The third-order valence-electron chi connectivity index (χ3n) is 4.88. The van der Waals surface area contributed by atoms with Crippen molar-refractivity contribution >= 4 is 18.3 Å². The number of aromatic nitrogens is 5. The van der Waals surface area contributed by atoms with Crippen molar-refractivity contribution in [1.29, 1.82) is 0 Å². The van der Waals surface area contributed by atoms with Crippen molar-refractivity contribution < 1.29 is 4.79 Å². The van der Waals surface area contributed by atoms with Crippen LogP contribution in [0.5, 0.6) is 0 Å². The number of halogens is 1. The Balaban J connectivity index is 0.00000225. The molecule has 1 amide bonds. The molecule has 1 fully saturated rings. The summed E-state index contributed by atoms with van der Waals surface area (Å²) in [5.74, 6) is -0.205. The van der Waals surface area contributed by atoms with Crippen LogP contribution in [0.15, 0.2) is 48.9 Å². The van der Waals surface area contributed by atoms with Gasteiger partial charge in [0.1, 0.15) is 0 Å². The molecule has 3 heterocycles. The van der Waals surface area contributed by atoms with E-state index in [9.17, 15) is 4.79 Å². The highest BCUT2D eigenvalue weighted by Gasteiger charge is 2.18. The summed E-state index contributed by atoms with van der Waals surface area (Å²) in [6, 6.07) is 10.3. The van der Waals surface area contributed by atoms with Gasteiger partial charge in [0.15, 0.2) is 5.69 Å². The van der Waals surface area contributed by atoms with Crippen LogP contribution in [0.2, 0.25) is 0 Å². The molecule has 1 aromatic carbocycles. The van der Waals surface area contributed by atoms with Gasteiger partial charge in [-0.1, -0.05) is 29.5 Å². The summed E-state index contributed by atoms with van der Waals surface area (Å²) in [7, 11) is 0. The highest BCUT2D eigenvalue weighted by molar-refractivity contribution is 5.91. The number of benzene rings is 1. The minimum Gasteiger partial charge on any atom is -0.347 e. The van der Waals surface area contributed by atoms with Crippen LogP contribution in [-0.2, 0) is 13.1 Å². The Morgan fingerprint density at radius 1 is 1.18 bits per heavy atom. The monoisotopic (exact) mass is 401 g/mol. The molecule has 4 rings (SSSR count). The molecule has 28 heavy (non-hydrogen) atoms. The van der Waals surface area contributed by atoms with E-state index in [4.69, 9.17) is 0 Å².